The van der Waals surface area contributed by atoms with Crippen LogP contribution in [0.15, 0.2) is 54.6 Å². The zero-order valence-electron chi connectivity index (χ0n) is 19.2. The molecule has 0 aliphatic carbocycles. The Hall–Kier alpha value is -1.56. The molecule has 2 rings (SSSR count). The van der Waals surface area contributed by atoms with Crippen LogP contribution in [0.1, 0.15) is 98.3 Å². The van der Waals surface area contributed by atoms with Crippen LogP contribution in [0, 0.1) is 0 Å². The van der Waals surface area contributed by atoms with E-state index in [2.05, 4.69) is 90.1 Å². The average Bonchev–Trinajstić information content (AvgIpc) is 2.66. The van der Waals surface area contributed by atoms with Gasteiger partial charge in [0.15, 0.2) is 0 Å². The van der Waals surface area contributed by atoms with E-state index in [1.165, 1.54) is 29.5 Å². The molecule has 0 atom stereocenters. The van der Waals surface area contributed by atoms with E-state index < -0.39 is 0 Å². The number of hydrogen-bond donors (Lipinski definition) is 0. The van der Waals surface area contributed by atoms with E-state index in [-0.39, 0.29) is 5.41 Å². The smallest absolute Gasteiger partial charge is 0.0132 e. The molecular weight excluding hydrogens is 312 g/mol. The molecule has 0 saturated heterocycles. The van der Waals surface area contributed by atoms with E-state index in [0.717, 1.165) is 0 Å². The highest BCUT2D eigenvalue weighted by Gasteiger charge is 2.12. The second-order valence-corrected chi connectivity index (χ2v) is 7.26. The Morgan fingerprint density at radius 2 is 1.19 bits per heavy atom. The summed E-state index contributed by atoms with van der Waals surface area (Å²) in [5.41, 5.74) is 4.57. The summed E-state index contributed by atoms with van der Waals surface area (Å²) in [5, 5.41) is 0. The highest BCUT2D eigenvalue weighted by atomic mass is 14.2. The number of hydrogen-bond acceptors (Lipinski definition) is 0. The Morgan fingerprint density at radius 1 is 0.731 bits per heavy atom. The Bertz CT molecular complexity index is 512. The minimum absolute atomic E-state index is 0.282. The highest BCUT2D eigenvalue weighted by molar-refractivity contribution is 5.27. The summed E-state index contributed by atoms with van der Waals surface area (Å²) in [5.74, 6) is 0.659. The van der Waals surface area contributed by atoms with E-state index in [9.17, 15) is 0 Å². The van der Waals surface area contributed by atoms with E-state index in [0.29, 0.717) is 5.92 Å². The molecular formula is C26H44. The lowest BCUT2D eigenvalue weighted by atomic mass is 9.86. The van der Waals surface area contributed by atoms with Crippen LogP contribution in [0.3, 0.4) is 0 Å². The van der Waals surface area contributed by atoms with Gasteiger partial charge < -0.3 is 0 Å². The first-order valence-corrected chi connectivity index (χ1v) is 10.5. The lowest BCUT2D eigenvalue weighted by molar-refractivity contribution is 0.590. The lowest BCUT2D eigenvalue weighted by Gasteiger charge is -2.19. The van der Waals surface area contributed by atoms with Gasteiger partial charge in [-0.3, -0.25) is 0 Å². The monoisotopic (exact) mass is 356 g/mol. The predicted octanol–water partition coefficient (Wildman–Crippen LogP) is 8.80. The fraction of sp³-hybridized carbons (Fsp3) is 0.538. The summed E-state index contributed by atoms with van der Waals surface area (Å²) >= 11 is 0. The third-order valence-corrected chi connectivity index (χ3v) is 3.82. The third-order valence-electron chi connectivity index (χ3n) is 3.82. The van der Waals surface area contributed by atoms with Gasteiger partial charge in [-0.05, 0) is 34.4 Å². The van der Waals surface area contributed by atoms with Crippen LogP contribution >= 0.6 is 0 Å². The van der Waals surface area contributed by atoms with E-state index in [1.54, 1.807) is 0 Å². The molecule has 0 amide bonds. The highest BCUT2D eigenvalue weighted by Crippen LogP contribution is 2.22. The van der Waals surface area contributed by atoms with Crippen LogP contribution in [0.25, 0.3) is 0 Å². The Labute approximate surface area is 165 Å². The summed E-state index contributed by atoms with van der Waals surface area (Å²) in [6.45, 7) is 21.4. The van der Waals surface area contributed by atoms with Gasteiger partial charge >= 0.3 is 0 Å². The van der Waals surface area contributed by atoms with Gasteiger partial charge in [0.25, 0.3) is 0 Å². The maximum atomic E-state index is 2.25. The molecule has 0 aliphatic rings. The SMILES string of the molecule is CC.CC.CC(C)c1ccccc1.CCCc1ccc(C(C)(C)C)cc1. The number of rotatable bonds is 3. The van der Waals surface area contributed by atoms with Gasteiger partial charge in [-0.1, -0.05) is 130 Å². The van der Waals surface area contributed by atoms with E-state index in [1.807, 2.05) is 33.8 Å². The van der Waals surface area contributed by atoms with Crippen LogP contribution in [0.5, 0.6) is 0 Å². The van der Waals surface area contributed by atoms with Gasteiger partial charge in [0.2, 0.25) is 0 Å². The van der Waals surface area contributed by atoms with Crippen molar-refractivity contribution in [2.75, 3.05) is 0 Å². The molecule has 0 fully saturated rings. The number of aryl methyl sites for hydroxylation is 1. The summed E-state index contributed by atoms with van der Waals surface area (Å²) in [6.07, 6.45) is 2.43. The maximum absolute atomic E-state index is 2.25. The molecule has 2 aromatic carbocycles. The molecule has 0 aliphatic heterocycles. The second kappa shape index (κ2) is 15.7. The summed E-state index contributed by atoms with van der Waals surface area (Å²) < 4.78 is 0. The third kappa shape index (κ3) is 11.9. The molecule has 0 N–H and O–H groups in total. The minimum Gasteiger partial charge on any atom is -0.0683 e. The largest absolute Gasteiger partial charge is 0.0683 e. The summed E-state index contributed by atoms with van der Waals surface area (Å²) in [4.78, 5) is 0. The van der Waals surface area contributed by atoms with Crippen molar-refractivity contribution in [1.29, 1.82) is 0 Å². The fourth-order valence-corrected chi connectivity index (χ4v) is 2.30. The molecule has 0 bridgehead atoms. The van der Waals surface area contributed by atoms with Crippen LogP contribution in [-0.4, -0.2) is 0 Å². The minimum atomic E-state index is 0.282. The maximum Gasteiger partial charge on any atom is -0.0132 e. The van der Waals surface area contributed by atoms with Crippen molar-refractivity contribution in [3.05, 3.63) is 71.3 Å². The van der Waals surface area contributed by atoms with Crippen molar-refractivity contribution in [2.24, 2.45) is 0 Å². The summed E-state index contributed by atoms with van der Waals surface area (Å²) in [6, 6.07) is 19.5. The molecule has 0 unspecified atom stereocenters. The quantitative estimate of drug-likeness (QED) is 0.515. The molecule has 2 aromatic rings. The Balaban J connectivity index is 0. The van der Waals surface area contributed by atoms with E-state index in [4.69, 9.17) is 0 Å². The van der Waals surface area contributed by atoms with Crippen molar-refractivity contribution < 1.29 is 0 Å². The molecule has 0 heterocycles. The molecule has 0 saturated carbocycles. The molecule has 148 valence electrons. The molecule has 26 heavy (non-hydrogen) atoms. The van der Waals surface area contributed by atoms with E-state index >= 15 is 0 Å². The van der Waals surface area contributed by atoms with Crippen molar-refractivity contribution in [1.82, 2.24) is 0 Å². The predicted molar refractivity (Wildman–Crippen MR) is 122 cm³/mol. The zero-order chi connectivity index (χ0) is 20.6. The van der Waals surface area contributed by atoms with Crippen LogP contribution in [-0.2, 0) is 11.8 Å². The van der Waals surface area contributed by atoms with Gasteiger partial charge in [-0.2, -0.15) is 0 Å². The standard InChI is InChI=1S/C13H20.C9H12.2C2H6/c1-5-6-11-7-9-12(10-8-11)13(2,3)4;1-8(2)9-6-4-3-5-7-9;2*1-2/h7-10H,5-6H2,1-4H3;3-8H,1-2H3;2*1-2H3. The fourth-order valence-electron chi connectivity index (χ4n) is 2.30. The lowest BCUT2D eigenvalue weighted by Crippen LogP contribution is -2.10. The Morgan fingerprint density at radius 3 is 1.50 bits per heavy atom. The Kier molecular flexibility index (Phi) is 16.1. The van der Waals surface area contributed by atoms with Crippen LogP contribution < -0.4 is 0 Å². The first kappa shape index (κ1) is 26.7. The van der Waals surface area contributed by atoms with Gasteiger partial charge in [-0.15, -0.1) is 0 Å². The summed E-state index contributed by atoms with van der Waals surface area (Å²) in [7, 11) is 0. The van der Waals surface area contributed by atoms with Crippen LogP contribution in [0.4, 0.5) is 0 Å². The van der Waals surface area contributed by atoms with Crippen molar-refractivity contribution in [3.63, 3.8) is 0 Å². The molecule has 0 radical (unpaired) electrons. The normalized spacial score (nSPS) is 9.81. The molecule has 0 spiro atoms. The zero-order valence-corrected chi connectivity index (χ0v) is 19.2. The van der Waals surface area contributed by atoms with Gasteiger partial charge in [-0.25, -0.2) is 0 Å². The number of benzene rings is 2. The van der Waals surface area contributed by atoms with Crippen molar-refractivity contribution in [2.45, 2.75) is 93.4 Å². The van der Waals surface area contributed by atoms with Crippen molar-refractivity contribution >= 4 is 0 Å². The van der Waals surface area contributed by atoms with Gasteiger partial charge in [0, 0.05) is 0 Å². The van der Waals surface area contributed by atoms with Gasteiger partial charge in [0.1, 0.15) is 0 Å². The second-order valence-electron chi connectivity index (χ2n) is 7.26. The molecule has 0 heteroatoms. The van der Waals surface area contributed by atoms with Crippen molar-refractivity contribution in [3.8, 4) is 0 Å². The molecule has 0 aromatic heterocycles. The first-order chi connectivity index (χ1) is 12.3. The topological polar surface area (TPSA) is 0 Å². The molecule has 0 nitrogen and oxygen atoms in total. The van der Waals surface area contributed by atoms with Gasteiger partial charge in [0.05, 0.1) is 0 Å². The average molecular weight is 357 g/mol. The van der Waals surface area contributed by atoms with Crippen LogP contribution in [0.2, 0.25) is 0 Å². The first-order valence-electron chi connectivity index (χ1n) is 10.5.